The molecule has 1 aliphatic heterocycles. The number of imide groups is 1. The molecule has 0 unspecified atom stereocenters. The lowest BCUT2D eigenvalue weighted by Gasteiger charge is -2.37. The summed E-state index contributed by atoms with van der Waals surface area (Å²) in [4.78, 5) is 40.1. The summed E-state index contributed by atoms with van der Waals surface area (Å²) in [6.45, 7) is 1.60. The van der Waals surface area contributed by atoms with Gasteiger partial charge in [-0.1, -0.05) is 39.7 Å². The number of nitrogens with zero attached hydrogens (tertiary/aromatic N) is 1. The van der Waals surface area contributed by atoms with Gasteiger partial charge in [0.1, 0.15) is 6.04 Å². The molecule has 5 aliphatic rings. The predicted molar refractivity (Wildman–Crippen MR) is 104 cm³/mol. The number of likely N-dealkylation sites (tertiary alicyclic amines) is 1. The molecule has 7 heteroatoms. The summed E-state index contributed by atoms with van der Waals surface area (Å²) >= 11 is 9.48. The molecule has 2 saturated carbocycles. The van der Waals surface area contributed by atoms with Crippen LogP contribution in [-0.2, 0) is 14.4 Å². The molecular formula is C20H18BrClN2O3. The zero-order chi connectivity index (χ0) is 19.0. The minimum Gasteiger partial charge on any atom is -0.323 e. The number of anilines is 1. The summed E-state index contributed by atoms with van der Waals surface area (Å²) in [5.74, 6) is 0.0200. The minimum absolute atomic E-state index is 0.155. The van der Waals surface area contributed by atoms with E-state index in [1.54, 1.807) is 25.1 Å². The van der Waals surface area contributed by atoms with Crippen molar-refractivity contribution in [2.45, 2.75) is 19.4 Å². The van der Waals surface area contributed by atoms with Crippen LogP contribution in [-0.4, -0.2) is 28.7 Å². The van der Waals surface area contributed by atoms with Crippen LogP contribution in [0.1, 0.15) is 13.3 Å². The number of rotatable bonds is 3. The lowest BCUT2D eigenvalue weighted by Crippen LogP contribution is -2.46. The van der Waals surface area contributed by atoms with Gasteiger partial charge in [-0.3, -0.25) is 19.3 Å². The van der Waals surface area contributed by atoms with Gasteiger partial charge in [0.2, 0.25) is 17.7 Å². The molecule has 7 atom stereocenters. The lowest BCUT2D eigenvalue weighted by molar-refractivity contribution is -0.146. The van der Waals surface area contributed by atoms with Crippen molar-refractivity contribution in [1.82, 2.24) is 4.90 Å². The van der Waals surface area contributed by atoms with E-state index in [0.29, 0.717) is 22.5 Å². The highest BCUT2D eigenvalue weighted by Gasteiger charge is 2.67. The van der Waals surface area contributed by atoms with Crippen LogP contribution < -0.4 is 5.32 Å². The number of hydrogen-bond acceptors (Lipinski definition) is 3. The summed E-state index contributed by atoms with van der Waals surface area (Å²) < 4.78 is 0.800. The van der Waals surface area contributed by atoms with Crippen LogP contribution in [0.5, 0.6) is 0 Å². The molecule has 3 amide bonds. The summed E-state index contributed by atoms with van der Waals surface area (Å²) in [7, 11) is 0. The summed E-state index contributed by atoms with van der Waals surface area (Å²) in [6, 6.07) is 4.26. The lowest BCUT2D eigenvalue weighted by atomic mass is 9.63. The molecule has 1 heterocycles. The van der Waals surface area contributed by atoms with Crippen molar-refractivity contribution < 1.29 is 14.4 Å². The maximum atomic E-state index is 13.1. The number of amides is 3. The second-order valence-corrected chi connectivity index (χ2v) is 9.31. The van der Waals surface area contributed by atoms with Gasteiger partial charge in [-0.25, -0.2) is 0 Å². The zero-order valence-corrected chi connectivity index (χ0v) is 16.9. The SMILES string of the molecule is C[C@H](C(=O)Nc1ccc(Br)cc1Cl)N1C(=O)[C@H]2[C@@H]3C=C[C@H]([C@H]4C[C@H]34)[C@@H]2C1=O. The van der Waals surface area contributed by atoms with Crippen LogP contribution in [0.4, 0.5) is 5.69 Å². The first kappa shape index (κ1) is 17.4. The van der Waals surface area contributed by atoms with E-state index in [9.17, 15) is 14.4 Å². The van der Waals surface area contributed by atoms with Crippen LogP contribution in [0.3, 0.4) is 0 Å². The molecule has 1 N–H and O–H groups in total. The highest BCUT2D eigenvalue weighted by molar-refractivity contribution is 9.10. The zero-order valence-electron chi connectivity index (χ0n) is 14.6. The molecule has 1 saturated heterocycles. The van der Waals surface area contributed by atoms with Crippen LogP contribution in [0.2, 0.25) is 5.02 Å². The van der Waals surface area contributed by atoms with Gasteiger partial charge in [0.15, 0.2) is 0 Å². The molecule has 4 aliphatic carbocycles. The van der Waals surface area contributed by atoms with E-state index in [1.165, 1.54) is 4.90 Å². The smallest absolute Gasteiger partial charge is 0.247 e. The Balaban J connectivity index is 1.38. The molecule has 2 bridgehead atoms. The first-order valence-electron chi connectivity index (χ1n) is 9.19. The largest absolute Gasteiger partial charge is 0.323 e. The monoisotopic (exact) mass is 448 g/mol. The van der Waals surface area contributed by atoms with Crippen molar-refractivity contribution >= 4 is 50.9 Å². The Morgan fingerprint density at radius 3 is 2.33 bits per heavy atom. The first-order valence-corrected chi connectivity index (χ1v) is 10.4. The van der Waals surface area contributed by atoms with Crippen molar-refractivity contribution in [3.8, 4) is 0 Å². The Kier molecular flexibility index (Phi) is 3.82. The molecular weight excluding hydrogens is 432 g/mol. The fraction of sp³-hybridized carbons (Fsp3) is 0.450. The van der Waals surface area contributed by atoms with Gasteiger partial charge in [-0.15, -0.1) is 0 Å². The molecule has 0 radical (unpaired) electrons. The second-order valence-electron chi connectivity index (χ2n) is 7.99. The summed E-state index contributed by atoms with van der Waals surface area (Å²) in [5.41, 5.74) is 0.455. The number of carbonyl (C=O) groups excluding carboxylic acids is 3. The molecule has 1 aromatic rings. The number of carbonyl (C=O) groups is 3. The van der Waals surface area contributed by atoms with E-state index in [0.717, 1.165) is 10.9 Å². The third-order valence-electron chi connectivity index (χ3n) is 6.65. The molecule has 5 nitrogen and oxygen atoms in total. The molecule has 1 aromatic carbocycles. The van der Waals surface area contributed by atoms with Gasteiger partial charge < -0.3 is 5.32 Å². The van der Waals surface area contributed by atoms with E-state index in [-0.39, 0.29) is 35.5 Å². The van der Waals surface area contributed by atoms with Crippen LogP contribution in [0.15, 0.2) is 34.8 Å². The number of benzene rings is 1. The minimum atomic E-state index is -0.869. The van der Waals surface area contributed by atoms with Crippen molar-refractivity contribution in [2.24, 2.45) is 35.5 Å². The first-order chi connectivity index (χ1) is 12.9. The maximum absolute atomic E-state index is 13.1. The number of hydrogen-bond donors (Lipinski definition) is 1. The average molecular weight is 450 g/mol. The Hall–Kier alpha value is -1.66. The standard InChI is InChI=1S/C20H18BrClN2O3/c1-8(18(25)23-15-5-2-9(21)6-14(15)22)24-19(26)16-10-3-4-11(13-7-12(10)13)17(16)20(24)27/h2-6,8,10-13,16-17H,7H2,1H3,(H,23,25)/t8-,10-,11-,12-,13-,16+,17+/m1/s1. The normalized spacial score (nSPS) is 36.5. The molecule has 6 rings (SSSR count). The Morgan fingerprint density at radius 1 is 1.19 bits per heavy atom. The molecule has 140 valence electrons. The molecule has 0 spiro atoms. The second kappa shape index (κ2) is 5.92. The van der Waals surface area contributed by atoms with E-state index in [4.69, 9.17) is 11.6 Å². The van der Waals surface area contributed by atoms with Crippen LogP contribution in [0.25, 0.3) is 0 Å². The fourth-order valence-electron chi connectivity index (χ4n) is 5.31. The maximum Gasteiger partial charge on any atom is 0.247 e. The number of halogens is 2. The van der Waals surface area contributed by atoms with Crippen molar-refractivity contribution in [2.75, 3.05) is 5.32 Å². The van der Waals surface area contributed by atoms with Crippen molar-refractivity contribution in [3.05, 3.63) is 39.8 Å². The third kappa shape index (κ3) is 2.46. The van der Waals surface area contributed by atoms with E-state index < -0.39 is 11.9 Å². The Morgan fingerprint density at radius 2 is 1.78 bits per heavy atom. The molecule has 0 aromatic heterocycles. The Labute approximate surface area is 170 Å². The highest BCUT2D eigenvalue weighted by Crippen LogP contribution is 2.65. The van der Waals surface area contributed by atoms with Gasteiger partial charge in [0.05, 0.1) is 22.5 Å². The summed E-state index contributed by atoms with van der Waals surface area (Å²) in [5, 5.41) is 3.13. The van der Waals surface area contributed by atoms with Crippen LogP contribution >= 0.6 is 27.5 Å². The Bertz CT molecular complexity index is 880. The third-order valence-corrected chi connectivity index (χ3v) is 7.46. The number of nitrogens with one attached hydrogen (secondary N) is 1. The van der Waals surface area contributed by atoms with Crippen LogP contribution in [0, 0.1) is 35.5 Å². The predicted octanol–water partition coefficient (Wildman–Crippen LogP) is 3.48. The molecule has 27 heavy (non-hydrogen) atoms. The topological polar surface area (TPSA) is 66.5 Å². The van der Waals surface area contributed by atoms with Gasteiger partial charge in [-0.2, -0.15) is 0 Å². The van der Waals surface area contributed by atoms with E-state index in [2.05, 4.69) is 33.4 Å². The van der Waals surface area contributed by atoms with Gasteiger partial charge in [0.25, 0.3) is 0 Å². The van der Waals surface area contributed by atoms with Crippen molar-refractivity contribution in [1.29, 1.82) is 0 Å². The summed E-state index contributed by atoms with van der Waals surface area (Å²) in [6.07, 6.45) is 5.37. The van der Waals surface area contributed by atoms with Crippen molar-refractivity contribution in [3.63, 3.8) is 0 Å². The number of allylic oxidation sites excluding steroid dienone is 2. The van der Waals surface area contributed by atoms with E-state index in [1.807, 2.05) is 0 Å². The average Bonchev–Trinajstić information content (AvgIpc) is 3.41. The van der Waals surface area contributed by atoms with Gasteiger partial charge in [0, 0.05) is 4.47 Å². The van der Waals surface area contributed by atoms with Gasteiger partial charge in [-0.05, 0) is 55.2 Å². The quantitative estimate of drug-likeness (QED) is 0.567. The van der Waals surface area contributed by atoms with E-state index >= 15 is 0 Å². The molecule has 3 fully saturated rings. The van der Waals surface area contributed by atoms with Gasteiger partial charge >= 0.3 is 0 Å². The highest BCUT2D eigenvalue weighted by atomic mass is 79.9. The fourth-order valence-corrected chi connectivity index (χ4v) is 6.03.